The molecular formula is C20H18BrNO3. The highest BCUT2D eigenvalue weighted by molar-refractivity contribution is 9.10. The zero-order chi connectivity index (χ0) is 17.6. The molecule has 1 heterocycles. The summed E-state index contributed by atoms with van der Waals surface area (Å²) < 4.78 is 0. The maximum atomic E-state index is 12.2. The lowest BCUT2D eigenvalue weighted by Gasteiger charge is -2.38. The van der Waals surface area contributed by atoms with Crippen molar-refractivity contribution in [2.45, 2.75) is 29.6 Å². The quantitative estimate of drug-likeness (QED) is 0.766. The van der Waals surface area contributed by atoms with Crippen LogP contribution < -0.4 is 0 Å². The molecule has 1 saturated heterocycles. The third-order valence-corrected chi connectivity index (χ3v) is 6.45. The number of carbonyl (C=O) groups excluding carboxylic acids is 1. The predicted octanol–water partition coefficient (Wildman–Crippen LogP) is 4.27. The number of Topliss-reactive ketones (excluding diaryl/α,β-unsaturated/α-hetero) is 1. The predicted molar refractivity (Wildman–Crippen MR) is 99.2 cm³/mol. The minimum atomic E-state index is -0.957. The fourth-order valence-electron chi connectivity index (χ4n) is 4.15. The van der Waals surface area contributed by atoms with E-state index in [1.54, 1.807) is 0 Å². The molecule has 25 heavy (non-hydrogen) atoms. The van der Waals surface area contributed by atoms with E-state index in [1.165, 1.54) is 27.2 Å². The van der Waals surface area contributed by atoms with Gasteiger partial charge in [-0.2, -0.15) is 0 Å². The van der Waals surface area contributed by atoms with E-state index < -0.39 is 10.9 Å². The van der Waals surface area contributed by atoms with Crippen LogP contribution in [0.5, 0.6) is 0 Å². The lowest BCUT2D eigenvalue weighted by Crippen LogP contribution is -2.52. The molecule has 0 saturated carbocycles. The number of rotatable bonds is 2. The van der Waals surface area contributed by atoms with E-state index in [1.807, 2.05) is 24.3 Å². The van der Waals surface area contributed by atoms with E-state index in [4.69, 9.17) is 0 Å². The molecule has 0 radical (unpaired) electrons. The molecule has 4 rings (SSSR count). The lowest BCUT2D eigenvalue weighted by atomic mass is 9.86. The van der Waals surface area contributed by atoms with Gasteiger partial charge in [0, 0.05) is 18.9 Å². The highest BCUT2D eigenvalue weighted by Gasteiger charge is 2.41. The number of amides is 1. The Morgan fingerprint density at radius 1 is 1.08 bits per heavy atom. The number of hydrogen-bond acceptors (Lipinski definition) is 2. The first-order valence-corrected chi connectivity index (χ1v) is 9.34. The molecule has 2 atom stereocenters. The molecule has 1 N–H and O–H groups in total. The maximum absolute atomic E-state index is 12.2. The van der Waals surface area contributed by atoms with E-state index in [-0.39, 0.29) is 30.7 Å². The lowest BCUT2D eigenvalue weighted by molar-refractivity contribution is -0.121. The van der Waals surface area contributed by atoms with Gasteiger partial charge in [-0.1, -0.05) is 64.5 Å². The third kappa shape index (κ3) is 2.67. The van der Waals surface area contributed by atoms with Crippen LogP contribution in [0.15, 0.2) is 48.5 Å². The summed E-state index contributed by atoms with van der Waals surface area (Å²) in [5, 5.41) is 9.57. The number of nitrogens with zero attached hydrogens (tertiary/aromatic N) is 1. The Morgan fingerprint density at radius 3 is 2.20 bits per heavy atom. The van der Waals surface area contributed by atoms with Gasteiger partial charge in [-0.15, -0.1) is 0 Å². The van der Waals surface area contributed by atoms with Gasteiger partial charge in [0.05, 0.1) is 10.9 Å². The summed E-state index contributed by atoms with van der Waals surface area (Å²) in [6, 6.07) is 16.2. The van der Waals surface area contributed by atoms with Crippen LogP contribution in [0.2, 0.25) is 0 Å². The molecule has 2 aliphatic rings. The van der Waals surface area contributed by atoms with Crippen molar-refractivity contribution in [1.82, 2.24) is 4.90 Å². The van der Waals surface area contributed by atoms with Gasteiger partial charge < -0.3 is 10.0 Å². The van der Waals surface area contributed by atoms with Gasteiger partial charge in [0.15, 0.2) is 0 Å². The summed E-state index contributed by atoms with van der Waals surface area (Å²) >= 11 is 3.46. The van der Waals surface area contributed by atoms with Crippen molar-refractivity contribution in [2.75, 3.05) is 6.54 Å². The smallest absolute Gasteiger partial charge is 0.407 e. The minimum absolute atomic E-state index is 0.0852. The SMILES string of the molecule is O=C1CCN(C(=O)O)C(CC2c3ccccc3-c3ccccc32)C1Br. The Hall–Kier alpha value is -2.14. The van der Waals surface area contributed by atoms with E-state index in [0.29, 0.717) is 6.42 Å². The summed E-state index contributed by atoms with van der Waals surface area (Å²) in [6.45, 7) is 0.275. The summed E-state index contributed by atoms with van der Waals surface area (Å²) in [5.41, 5.74) is 4.84. The summed E-state index contributed by atoms with van der Waals surface area (Å²) in [5.74, 6) is 0.187. The first kappa shape index (κ1) is 16.3. The molecule has 2 aromatic carbocycles. The number of halogens is 1. The molecule has 1 aliphatic carbocycles. The first-order valence-electron chi connectivity index (χ1n) is 8.42. The Labute approximate surface area is 154 Å². The third-order valence-electron chi connectivity index (χ3n) is 5.33. The number of carbonyl (C=O) groups is 2. The van der Waals surface area contributed by atoms with Gasteiger partial charge in [0.1, 0.15) is 5.78 Å². The topological polar surface area (TPSA) is 57.6 Å². The van der Waals surface area contributed by atoms with Crippen LogP contribution in [0.1, 0.15) is 29.9 Å². The number of hydrogen-bond donors (Lipinski definition) is 1. The van der Waals surface area contributed by atoms with Crippen LogP contribution in [-0.2, 0) is 4.79 Å². The van der Waals surface area contributed by atoms with Crippen molar-refractivity contribution in [3.63, 3.8) is 0 Å². The van der Waals surface area contributed by atoms with Gasteiger partial charge in [-0.25, -0.2) is 4.79 Å². The normalized spacial score (nSPS) is 22.6. The van der Waals surface area contributed by atoms with Crippen molar-refractivity contribution in [3.8, 4) is 11.1 Å². The van der Waals surface area contributed by atoms with E-state index in [9.17, 15) is 14.7 Å². The van der Waals surface area contributed by atoms with Crippen molar-refractivity contribution in [3.05, 3.63) is 59.7 Å². The molecule has 1 fully saturated rings. The van der Waals surface area contributed by atoms with Crippen molar-refractivity contribution >= 4 is 27.8 Å². The van der Waals surface area contributed by atoms with Gasteiger partial charge in [-0.3, -0.25) is 4.79 Å². The zero-order valence-electron chi connectivity index (χ0n) is 13.6. The summed E-state index contributed by atoms with van der Waals surface area (Å²) in [4.78, 5) is 24.8. The Balaban J connectivity index is 1.74. The first-order chi connectivity index (χ1) is 12.1. The van der Waals surface area contributed by atoms with Crippen LogP contribution in [0.4, 0.5) is 4.79 Å². The highest BCUT2D eigenvalue weighted by atomic mass is 79.9. The molecule has 1 aliphatic heterocycles. The van der Waals surface area contributed by atoms with E-state index >= 15 is 0 Å². The second-order valence-corrected chi connectivity index (χ2v) is 7.61. The van der Waals surface area contributed by atoms with Crippen LogP contribution in [-0.4, -0.2) is 39.3 Å². The molecule has 5 heteroatoms. The number of alkyl halides is 1. The second-order valence-electron chi connectivity index (χ2n) is 6.62. The number of fused-ring (bicyclic) bond motifs is 3. The largest absolute Gasteiger partial charge is 0.465 e. The fraction of sp³-hybridized carbons (Fsp3) is 0.300. The number of ketones is 1. The van der Waals surface area contributed by atoms with Crippen LogP contribution in [0.3, 0.4) is 0 Å². The van der Waals surface area contributed by atoms with Crippen molar-refractivity contribution in [1.29, 1.82) is 0 Å². The highest BCUT2D eigenvalue weighted by Crippen LogP contribution is 2.47. The van der Waals surface area contributed by atoms with E-state index in [0.717, 1.165) is 0 Å². The van der Waals surface area contributed by atoms with Crippen LogP contribution in [0, 0.1) is 0 Å². The van der Waals surface area contributed by atoms with E-state index in [2.05, 4.69) is 40.2 Å². The molecule has 2 aromatic rings. The van der Waals surface area contributed by atoms with Gasteiger partial charge in [-0.05, 0) is 28.7 Å². The van der Waals surface area contributed by atoms with Crippen molar-refractivity contribution in [2.24, 2.45) is 0 Å². The minimum Gasteiger partial charge on any atom is -0.465 e. The monoisotopic (exact) mass is 399 g/mol. The second kappa shape index (κ2) is 6.30. The molecule has 2 unspecified atom stereocenters. The zero-order valence-corrected chi connectivity index (χ0v) is 15.1. The van der Waals surface area contributed by atoms with Crippen molar-refractivity contribution < 1.29 is 14.7 Å². The molecule has 0 spiro atoms. The summed E-state index contributed by atoms with van der Waals surface area (Å²) in [7, 11) is 0. The Morgan fingerprint density at radius 2 is 1.64 bits per heavy atom. The molecule has 128 valence electrons. The average molecular weight is 400 g/mol. The fourth-order valence-corrected chi connectivity index (χ4v) is 4.88. The average Bonchev–Trinajstić information content (AvgIpc) is 2.93. The number of benzene rings is 2. The molecule has 0 bridgehead atoms. The molecule has 4 nitrogen and oxygen atoms in total. The molecular weight excluding hydrogens is 382 g/mol. The molecule has 1 amide bonds. The molecule has 0 aromatic heterocycles. The van der Waals surface area contributed by atoms with Gasteiger partial charge in [0.25, 0.3) is 0 Å². The Kier molecular flexibility index (Phi) is 4.12. The van der Waals surface area contributed by atoms with Gasteiger partial charge >= 0.3 is 6.09 Å². The Bertz CT molecular complexity index is 805. The van der Waals surface area contributed by atoms with Gasteiger partial charge in [0.2, 0.25) is 0 Å². The number of likely N-dealkylation sites (tertiary alicyclic amines) is 1. The van der Waals surface area contributed by atoms with Crippen LogP contribution in [0.25, 0.3) is 11.1 Å². The standard InChI is InChI=1S/C20H18BrNO3/c21-19-17(22(20(24)25)10-9-18(19)23)11-16-14-7-3-1-5-12(14)13-6-2-4-8-15(13)16/h1-8,16-17,19H,9-11H2,(H,24,25). The summed E-state index contributed by atoms with van der Waals surface area (Å²) in [6.07, 6.45) is -0.0834. The maximum Gasteiger partial charge on any atom is 0.407 e. The number of carboxylic acid groups (broad SMARTS) is 1. The number of piperidine rings is 1. The van der Waals surface area contributed by atoms with Crippen LogP contribution >= 0.6 is 15.9 Å².